The first-order valence-corrected chi connectivity index (χ1v) is 5.35. The maximum Gasteiger partial charge on any atom is 0.144 e. The van der Waals surface area contributed by atoms with Crippen LogP contribution in [0.5, 0.6) is 0 Å². The Balaban J connectivity index is 2.82. The first-order chi connectivity index (χ1) is 6.59. The maximum absolute atomic E-state index is 11.7. The summed E-state index contributed by atoms with van der Waals surface area (Å²) in [7, 11) is 0. The minimum absolute atomic E-state index is 0.109. The maximum atomic E-state index is 11.7. The van der Waals surface area contributed by atoms with Gasteiger partial charge in [0.1, 0.15) is 5.78 Å². The molecule has 0 N–H and O–H groups in total. The van der Waals surface area contributed by atoms with Crippen molar-refractivity contribution in [1.82, 2.24) is 0 Å². The lowest BCUT2D eigenvalue weighted by Gasteiger charge is -2.49. The standard InChI is InChI=1S/C12H20O2/c1-5-7-12(9(3)4)10(13)8-11(12)14-6-2/h5,9,11H,1,6-8H2,2-4H3/t11-,12+/m0/s1. The molecule has 1 rings (SSSR count). The summed E-state index contributed by atoms with van der Waals surface area (Å²) in [6.45, 7) is 10.6. The molecule has 80 valence electrons. The number of rotatable bonds is 5. The molecule has 0 aliphatic heterocycles. The van der Waals surface area contributed by atoms with Gasteiger partial charge in [-0.1, -0.05) is 19.9 Å². The number of hydrogen-bond donors (Lipinski definition) is 0. The first-order valence-electron chi connectivity index (χ1n) is 5.35. The number of Topliss-reactive ketones (excluding diaryl/α,β-unsaturated/α-hetero) is 1. The van der Waals surface area contributed by atoms with E-state index in [4.69, 9.17) is 4.74 Å². The molecule has 1 aliphatic carbocycles. The topological polar surface area (TPSA) is 26.3 Å². The lowest BCUT2D eigenvalue weighted by Crippen LogP contribution is -2.58. The van der Waals surface area contributed by atoms with Gasteiger partial charge in [0, 0.05) is 13.0 Å². The van der Waals surface area contributed by atoms with Crippen molar-refractivity contribution in [3.63, 3.8) is 0 Å². The van der Waals surface area contributed by atoms with Gasteiger partial charge in [-0.05, 0) is 19.3 Å². The molecule has 0 radical (unpaired) electrons. The van der Waals surface area contributed by atoms with Crippen LogP contribution in [0.2, 0.25) is 0 Å². The number of carbonyl (C=O) groups excluding carboxylic acids is 1. The Morgan fingerprint density at radius 1 is 1.71 bits per heavy atom. The largest absolute Gasteiger partial charge is 0.377 e. The Labute approximate surface area is 86.3 Å². The van der Waals surface area contributed by atoms with Crippen LogP contribution in [0.15, 0.2) is 12.7 Å². The van der Waals surface area contributed by atoms with E-state index in [0.717, 1.165) is 6.42 Å². The Morgan fingerprint density at radius 3 is 2.71 bits per heavy atom. The van der Waals surface area contributed by atoms with E-state index >= 15 is 0 Å². The van der Waals surface area contributed by atoms with Crippen molar-refractivity contribution in [2.75, 3.05) is 6.61 Å². The van der Waals surface area contributed by atoms with Crippen molar-refractivity contribution in [3.8, 4) is 0 Å². The summed E-state index contributed by atoms with van der Waals surface area (Å²) in [6.07, 6.45) is 3.27. The average molecular weight is 196 g/mol. The van der Waals surface area contributed by atoms with Crippen molar-refractivity contribution in [2.24, 2.45) is 11.3 Å². The molecule has 0 aromatic carbocycles. The number of carbonyl (C=O) groups is 1. The van der Waals surface area contributed by atoms with Gasteiger partial charge in [0.25, 0.3) is 0 Å². The third-order valence-electron chi connectivity index (χ3n) is 3.34. The molecule has 2 atom stereocenters. The second-order valence-electron chi connectivity index (χ2n) is 4.26. The smallest absolute Gasteiger partial charge is 0.144 e. The average Bonchev–Trinajstić information content (AvgIpc) is 2.13. The SMILES string of the molecule is C=CC[C@@]1(C(C)C)C(=O)C[C@@H]1OCC. The molecule has 0 aromatic heterocycles. The van der Waals surface area contributed by atoms with E-state index in [0.29, 0.717) is 24.7 Å². The highest BCUT2D eigenvalue weighted by Crippen LogP contribution is 2.48. The summed E-state index contributed by atoms with van der Waals surface area (Å²) in [4.78, 5) is 11.7. The zero-order valence-corrected chi connectivity index (χ0v) is 9.38. The zero-order chi connectivity index (χ0) is 10.8. The molecule has 0 saturated heterocycles. The zero-order valence-electron chi connectivity index (χ0n) is 9.38. The molecule has 14 heavy (non-hydrogen) atoms. The highest BCUT2D eigenvalue weighted by molar-refractivity contribution is 5.92. The summed E-state index contributed by atoms with van der Waals surface area (Å²) in [5.41, 5.74) is -0.280. The van der Waals surface area contributed by atoms with Crippen molar-refractivity contribution in [2.45, 2.75) is 39.7 Å². The number of allylic oxidation sites excluding steroid dienone is 1. The summed E-state index contributed by atoms with van der Waals surface area (Å²) in [5, 5.41) is 0. The fraction of sp³-hybridized carbons (Fsp3) is 0.750. The molecule has 0 unspecified atom stereocenters. The molecule has 1 aliphatic rings. The number of ketones is 1. The lowest BCUT2D eigenvalue weighted by atomic mass is 9.57. The molecule has 1 saturated carbocycles. The highest BCUT2D eigenvalue weighted by Gasteiger charge is 2.56. The summed E-state index contributed by atoms with van der Waals surface area (Å²) in [5.74, 6) is 0.671. The van der Waals surface area contributed by atoms with Crippen LogP contribution in [0.4, 0.5) is 0 Å². The molecule has 2 heteroatoms. The monoisotopic (exact) mass is 196 g/mol. The summed E-state index contributed by atoms with van der Waals surface area (Å²) < 4.78 is 5.61. The Morgan fingerprint density at radius 2 is 2.36 bits per heavy atom. The van der Waals surface area contributed by atoms with Crippen molar-refractivity contribution in [1.29, 1.82) is 0 Å². The first kappa shape index (κ1) is 11.4. The molecule has 0 bridgehead atoms. The van der Waals surface area contributed by atoms with Gasteiger partial charge in [-0.2, -0.15) is 0 Å². The fourth-order valence-corrected chi connectivity index (χ4v) is 2.41. The molecule has 1 fully saturated rings. The van der Waals surface area contributed by atoms with Crippen LogP contribution in [0, 0.1) is 11.3 Å². The Bertz CT molecular complexity index is 232. The summed E-state index contributed by atoms with van der Waals surface area (Å²) in [6, 6.07) is 0. The van der Waals surface area contributed by atoms with Crippen LogP contribution in [0.25, 0.3) is 0 Å². The van der Waals surface area contributed by atoms with Gasteiger partial charge in [-0.25, -0.2) is 0 Å². The van der Waals surface area contributed by atoms with Crippen LogP contribution < -0.4 is 0 Å². The molecule has 0 amide bonds. The predicted molar refractivity (Wildman–Crippen MR) is 57.1 cm³/mol. The third-order valence-corrected chi connectivity index (χ3v) is 3.34. The lowest BCUT2D eigenvalue weighted by molar-refractivity contribution is -0.170. The molecular formula is C12H20O2. The van der Waals surface area contributed by atoms with Gasteiger partial charge >= 0.3 is 0 Å². The van der Waals surface area contributed by atoms with Gasteiger partial charge < -0.3 is 4.74 Å². The van der Waals surface area contributed by atoms with Gasteiger partial charge in [-0.15, -0.1) is 6.58 Å². The van der Waals surface area contributed by atoms with E-state index in [1.807, 2.05) is 13.0 Å². The molecule has 2 nitrogen and oxygen atoms in total. The normalized spacial score (nSPS) is 31.7. The van der Waals surface area contributed by atoms with E-state index < -0.39 is 0 Å². The van der Waals surface area contributed by atoms with E-state index in [2.05, 4.69) is 20.4 Å². The Kier molecular flexibility index (Phi) is 3.48. The van der Waals surface area contributed by atoms with E-state index in [-0.39, 0.29) is 11.5 Å². The minimum Gasteiger partial charge on any atom is -0.377 e. The predicted octanol–water partition coefficient (Wildman–Crippen LogP) is 2.58. The van der Waals surface area contributed by atoms with Gasteiger partial charge in [0.15, 0.2) is 0 Å². The van der Waals surface area contributed by atoms with Crippen molar-refractivity contribution < 1.29 is 9.53 Å². The second kappa shape index (κ2) is 4.26. The Hall–Kier alpha value is -0.630. The van der Waals surface area contributed by atoms with Crippen LogP contribution in [0.1, 0.15) is 33.6 Å². The van der Waals surface area contributed by atoms with Crippen LogP contribution in [0.3, 0.4) is 0 Å². The van der Waals surface area contributed by atoms with Crippen LogP contribution in [-0.2, 0) is 9.53 Å². The highest BCUT2D eigenvalue weighted by atomic mass is 16.5. The van der Waals surface area contributed by atoms with Gasteiger partial charge in [0.05, 0.1) is 11.5 Å². The van der Waals surface area contributed by atoms with E-state index in [9.17, 15) is 4.79 Å². The minimum atomic E-state index is -0.280. The van der Waals surface area contributed by atoms with Gasteiger partial charge in [0.2, 0.25) is 0 Å². The van der Waals surface area contributed by atoms with Gasteiger partial charge in [-0.3, -0.25) is 4.79 Å². The van der Waals surface area contributed by atoms with E-state index in [1.165, 1.54) is 0 Å². The molecule has 0 spiro atoms. The summed E-state index contributed by atoms with van der Waals surface area (Å²) >= 11 is 0. The van der Waals surface area contributed by atoms with Crippen molar-refractivity contribution >= 4 is 5.78 Å². The second-order valence-corrected chi connectivity index (χ2v) is 4.26. The van der Waals surface area contributed by atoms with Crippen LogP contribution in [-0.4, -0.2) is 18.5 Å². The molecule has 0 aromatic rings. The molecular weight excluding hydrogens is 176 g/mol. The number of hydrogen-bond acceptors (Lipinski definition) is 2. The van der Waals surface area contributed by atoms with Crippen molar-refractivity contribution in [3.05, 3.63) is 12.7 Å². The number of ether oxygens (including phenoxy) is 1. The fourth-order valence-electron chi connectivity index (χ4n) is 2.41. The third kappa shape index (κ3) is 1.52. The van der Waals surface area contributed by atoms with Crippen LogP contribution >= 0.6 is 0 Å². The molecule has 0 heterocycles. The quantitative estimate of drug-likeness (QED) is 0.632. The van der Waals surface area contributed by atoms with E-state index in [1.54, 1.807) is 0 Å².